The Morgan fingerprint density at radius 2 is 1.71 bits per heavy atom. The highest BCUT2D eigenvalue weighted by Gasteiger charge is 2.25. The Bertz CT molecular complexity index is 1030. The summed E-state index contributed by atoms with van der Waals surface area (Å²) >= 11 is 3.38. The maximum absolute atomic E-state index is 12.8. The normalized spacial score (nSPS) is 12.5. The monoisotopic (exact) mass is 434 g/mol. The molecule has 5 heteroatoms. The van der Waals surface area contributed by atoms with E-state index in [2.05, 4.69) is 27.3 Å². The Kier molecular flexibility index (Phi) is 5.26. The van der Waals surface area contributed by atoms with Crippen LogP contribution < -0.4 is 10.2 Å². The quantitative estimate of drug-likeness (QED) is 0.652. The summed E-state index contributed by atoms with van der Waals surface area (Å²) in [6.45, 7) is 1.13. The molecule has 0 saturated heterocycles. The average molecular weight is 435 g/mol. The van der Waals surface area contributed by atoms with Crippen LogP contribution in [0.5, 0.6) is 0 Å². The summed E-state index contributed by atoms with van der Waals surface area (Å²) in [6.07, 6.45) is 0.821. The van der Waals surface area contributed by atoms with Gasteiger partial charge in [-0.2, -0.15) is 0 Å². The van der Waals surface area contributed by atoms with Gasteiger partial charge in [-0.05, 0) is 53.9 Å². The molecule has 140 valence electrons. The van der Waals surface area contributed by atoms with Crippen LogP contribution in [0.2, 0.25) is 0 Å². The molecule has 2 amide bonds. The highest BCUT2D eigenvalue weighted by atomic mass is 79.9. The number of fused-ring (bicyclic) bond motifs is 1. The molecule has 4 nitrogen and oxygen atoms in total. The van der Waals surface area contributed by atoms with Crippen LogP contribution in [-0.2, 0) is 13.0 Å². The fourth-order valence-corrected chi connectivity index (χ4v) is 3.83. The van der Waals surface area contributed by atoms with Crippen LogP contribution in [0.3, 0.4) is 0 Å². The predicted octanol–water partition coefficient (Wildman–Crippen LogP) is 4.58. The van der Waals surface area contributed by atoms with Gasteiger partial charge in [0.05, 0.1) is 0 Å². The minimum Gasteiger partial charge on any atom is -0.348 e. The SMILES string of the molecule is O=C(NCc1ccc2c(c1)CCN2C(=O)c1ccccc1)c1cccc(Br)c1. The molecule has 0 spiro atoms. The zero-order valence-corrected chi connectivity index (χ0v) is 16.8. The standard InChI is InChI=1S/C23H19BrN2O2/c24-20-8-4-7-19(14-20)22(27)25-15-16-9-10-21-18(13-16)11-12-26(21)23(28)17-5-2-1-3-6-17/h1-10,13-14H,11-12,15H2,(H,25,27). The molecule has 0 atom stereocenters. The van der Waals surface area contributed by atoms with Gasteiger partial charge in [-0.3, -0.25) is 9.59 Å². The number of carbonyl (C=O) groups excluding carboxylic acids is 2. The Labute approximate surface area is 172 Å². The van der Waals surface area contributed by atoms with Gasteiger partial charge in [-0.25, -0.2) is 0 Å². The average Bonchev–Trinajstić information content (AvgIpc) is 3.15. The number of amides is 2. The predicted molar refractivity (Wildman–Crippen MR) is 114 cm³/mol. The molecule has 0 unspecified atom stereocenters. The first-order valence-electron chi connectivity index (χ1n) is 9.14. The van der Waals surface area contributed by atoms with Crippen LogP contribution in [0.4, 0.5) is 5.69 Å². The van der Waals surface area contributed by atoms with Gasteiger partial charge in [-0.15, -0.1) is 0 Å². The Morgan fingerprint density at radius 3 is 2.50 bits per heavy atom. The van der Waals surface area contributed by atoms with Crippen LogP contribution in [0.15, 0.2) is 77.3 Å². The number of hydrogen-bond acceptors (Lipinski definition) is 2. The molecule has 4 rings (SSSR count). The number of nitrogens with zero attached hydrogens (tertiary/aromatic N) is 1. The Hall–Kier alpha value is -2.92. The molecular formula is C23H19BrN2O2. The summed E-state index contributed by atoms with van der Waals surface area (Å²) in [6, 6.07) is 22.7. The lowest BCUT2D eigenvalue weighted by atomic mass is 10.1. The van der Waals surface area contributed by atoms with Crippen molar-refractivity contribution >= 4 is 33.4 Å². The molecule has 28 heavy (non-hydrogen) atoms. The number of carbonyl (C=O) groups is 2. The molecule has 0 saturated carbocycles. The van der Waals surface area contributed by atoms with Crippen LogP contribution >= 0.6 is 15.9 Å². The maximum Gasteiger partial charge on any atom is 0.258 e. The van der Waals surface area contributed by atoms with E-state index in [1.807, 2.05) is 59.5 Å². The van der Waals surface area contributed by atoms with Gasteiger partial charge in [0.15, 0.2) is 0 Å². The van der Waals surface area contributed by atoms with Crippen molar-refractivity contribution in [3.8, 4) is 0 Å². The summed E-state index contributed by atoms with van der Waals surface area (Å²) < 4.78 is 0.876. The lowest BCUT2D eigenvalue weighted by Crippen LogP contribution is -2.28. The summed E-state index contributed by atoms with van der Waals surface area (Å²) in [4.78, 5) is 26.9. The van der Waals surface area contributed by atoms with Crippen molar-refractivity contribution in [2.24, 2.45) is 0 Å². The lowest BCUT2D eigenvalue weighted by molar-refractivity contribution is 0.0949. The van der Waals surface area contributed by atoms with E-state index in [0.717, 1.165) is 27.7 Å². The molecule has 1 aliphatic heterocycles. The van der Waals surface area contributed by atoms with E-state index >= 15 is 0 Å². The van der Waals surface area contributed by atoms with E-state index in [9.17, 15) is 9.59 Å². The first-order chi connectivity index (χ1) is 13.6. The van der Waals surface area contributed by atoms with Crippen molar-refractivity contribution in [1.82, 2.24) is 5.32 Å². The lowest BCUT2D eigenvalue weighted by Gasteiger charge is -2.17. The highest BCUT2D eigenvalue weighted by molar-refractivity contribution is 9.10. The molecule has 1 N–H and O–H groups in total. The molecule has 3 aromatic carbocycles. The topological polar surface area (TPSA) is 49.4 Å². The molecule has 3 aromatic rings. The first-order valence-corrected chi connectivity index (χ1v) is 9.93. The zero-order chi connectivity index (χ0) is 19.5. The van der Waals surface area contributed by atoms with Crippen LogP contribution in [-0.4, -0.2) is 18.4 Å². The summed E-state index contributed by atoms with van der Waals surface area (Å²) in [5, 5.41) is 2.95. The van der Waals surface area contributed by atoms with Crippen molar-refractivity contribution in [2.45, 2.75) is 13.0 Å². The van der Waals surface area contributed by atoms with Crippen molar-refractivity contribution in [2.75, 3.05) is 11.4 Å². The third kappa shape index (κ3) is 3.85. The van der Waals surface area contributed by atoms with Gasteiger partial charge in [-0.1, -0.05) is 52.3 Å². The second kappa shape index (κ2) is 7.98. The van der Waals surface area contributed by atoms with E-state index in [1.165, 1.54) is 0 Å². The molecule has 0 aromatic heterocycles. The van der Waals surface area contributed by atoms with E-state index < -0.39 is 0 Å². The third-order valence-electron chi connectivity index (χ3n) is 4.85. The number of benzene rings is 3. The van der Waals surface area contributed by atoms with Gasteiger partial charge in [0.2, 0.25) is 0 Å². The number of nitrogens with one attached hydrogen (secondary N) is 1. The Balaban J connectivity index is 1.45. The number of rotatable bonds is 4. The molecule has 0 fully saturated rings. The second-order valence-corrected chi connectivity index (χ2v) is 7.64. The van der Waals surface area contributed by atoms with Crippen LogP contribution in [0.1, 0.15) is 31.8 Å². The molecule has 0 radical (unpaired) electrons. The van der Waals surface area contributed by atoms with Crippen LogP contribution in [0, 0.1) is 0 Å². The fraction of sp³-hybridized carbons (Fsp3) is 0.130. The third-order valence-corrected chi connectivity index (χ3v) is 5.34. The van der Waals surface area contributed by atoms with Gasteiger partial charge in [0, 0.05) is 34.4 Å². The molecular weight excluding hydrogens is 416 g/mol. The van der Waals surface area contributed by atoms with Crippen molar-refractivity contribution in [1.29, 1.82) is 0 Å². The number of anilines is 1. The number of hydrogen-bond donors (Lipinski definition) is 1. The molecule has 1 heterocycles. The van der Waals surface area contributed by atoms with Gasteiger partial charge < -0.3 is 10.2 Å². The number of halogens is 1. The Morgan fingerprint density at radius 1 is 0.929 bits per heavy atom. The summed E-state index contributed by atoms with van der Waals surface area (Å²) in [5.74, 6) is -0.0854. The van der Waals surface area contributed by atoms with E-state index in [-0.39, 0.29) is 11.8 Å². The van der Waals surface area contributed by atoms with E-state index in [0.29, 0.717) is 24.2 Å². The minimum absolute atomic E-state index is 0.0232. The van der Waals surface area contributed by atoms with Crippen molar-refractivity contribution in [3.05, 3.63) is 99.5 Å². The summed E-state index contributed by atoms with van der Waals surface area (Å²) in [7, 11) is 0. The largest absolute Gasteiger partial charge is 0.348 e. The van der Waals surface area contributed by atoms with E-state index in [1.54, 1.807) is 12.1 Å². The smallest absolute Gasteiger partial charge is 0.258 e. The molecule has 1 aliphatic rings. The zero-order valence-electron chi connectivity index (χ0n) is 15.2. The minimum atomic E-state index is -0.109. The van der Waals surface area contributed by atoms with Crippen LogP contribution in [0.25, 0.3) is 0 Å². The van der Waals surface area contributed by atoms with Crippen molar-refractivity contribution < 1.29 is 9.59 Å². The van der Waals surface area contributed by atoms with Gasteiger partial charge >= 0.3 is 0 Å². The van der Waals surface area contributed by atoms with Gasteiger partial charge in [0.25, 0.3) is 11.8 Å². The van der Waals surface area contributed by atoms with Gasteiger partial charge in [0.1, 0.15) is 0 Å². The fourth-order valence-electron chi connectivity index (χ4n) is 3.43. The maximum atomic E-state index is 12.8. The summed E-state index contributed by atoms with van der Waals surface area (Å²) in [5.41, 5.74) is 4.43. The molecule has 0 aliphatic carbocycles. The van der Waals surface area contributed by atoms with Crippen molar-refractivity contribution in [3.63, 3.8) is 0 Å². The highest BCUT2D eigenvalue weighted by Crippen LogP contribution is 2.30. The van der Waals surface area contributed by atoms with E-state index in [4.69, 9.17) is 0 Å². The first kappa shape index (κ1) is 18.4. The second-order valence-electron chi connectivity index (χ2n) is 6.73. The molecule has 0 bridgehead atoms.